The van der Waals surface area contributed by atoms with Gasteiger partial charge in [-0.25, -0.2) is 9.48 Å². The monoisotopic (exact) mass is 572 g/mol. The number of fused-ring (bicyclic) bond motifs is 1. The molecule has 0 aliphatic carbocycles. The van der Waals surface area contributed by atoms with Crippen LogP contribution in [-0.2, 0) is 11.3 Å². The van der Waals surface area contributed by atoms with Crippen LogP contribution in [0.25, 0.3) is 22.0 Å². The maximum absolute atomic E-state index is 11.9. The standard InChI is InChI=1S/C25H22Br2N2O4/c1-3-32-23-15-21(17-5-4-6-18(13-17)25(30)31-2)28-29(23)11-12-33-22-10-7-16-14-19(26)8-9-20(16)24(22)27/h4-10,13-15H,3,11-12H2,1-2H3. The van der Waals surface area contributed by atoms with Crippen molar-refractivity contribution in [3.63, 3.8) is 0 Å². The molecule has 0 radical (unpaired) electrons. The summed E-state index contributed by atoms with van der Waals surface area (Å²) in [5, 5.41) is 6.88. The number of hydrogen-bond acceptors (Lipinski definition) is 5. The van der Waals surface area contributed by atoms with Gasteiger partial charge >= 0.3 is 5.97 Å². The fourth-order valence-electron chi connectivity index (χ4n) is 3.48. The molecule has 0 atom stereocenters. The fraction of sp³-hybridized carbons (Fsp3) is 0.200. The van der Waals surface area contributed by atoms with Gasteiger partial charge in [0.25, 0.3) is 0 Å². The Morgan fingerprint density at radius 2 is 1.88 bits per heavy atom. The number of methoxy groups -OCH3 is 1. The van der Waals surface area contributed by atoms with Crippen LogP contribution in [0.5, 0.6) is 11.6 Å². The molecule has 0 aliphatic rings. The second kappa shape index (κ2) is 10.4. The van der Waals surface area contributed by atoms with E-state index in [9.17, 15) is 4.79 Å². The highest BCUT2D eigenvalue weighted by Gasteiger charge is 2.14. The van der Waals surface area contributed by atoms with Gasteiger partial charge in [0.2, 0.25) is 5.88 Å². The Morgan fingerprint density at radius 1 is 1.03 bits per heavy atom. The highest BCUT2D eigenvalue weighted by atomic mass is 79.9. The predicted molar refractivity (Wildman–Crippen MR) is 135 cm³/mol. The molecule has 0 amide bonds. The van der Waals surface area contributed by atoms with Gasteiger partial charge in [0, 0.05) is 16.1 Å². The van der Waals surface area contributed by atoms with Gasteiger partial charge in [0.1, 0.15) is 12.4 Å². The second-order valence-corrected chi connectivity index (χ2v) is 8.90. The topological polar surface area (TPSA) is 62.6 Å². The summed E-state index contributed by atoms with van der Waals surface area (Å²) in [4.78, 5) is 11.9. The lowest BCUT2D eigenvalue weighted by molar-refractivity contribution is 0.0601. The zero-order valence-electron chi connectivity index (χ0n) is 18.2. The van der Waals surface area contributed by atoms with Crippen LogP contribution in [0.4, 0.5) is 0 Å². The lowest BCUT2D eigenvalue weighted by Crippen LogP contribution is -2.12. The van der Waals surface area contributed by atoms with Crippen molar-refractivity contribution >= 4 is 48.6 Å². The lowest BCUT2D eigenvalue weighted by Gasteiger charge is -2.12. The third-order valence-corrected chi connectivity index (χ3v) is 6.37. The van der Waals surface area contributed by atoms with E-state index < -0.39 is 0 Å². The van der Waals surface area contributed by atoms with Crippen LogP contribution in [0.3, 0.4) is 0 Å². The third-order valence-electron chi connectivity index (χ3n) is 5.06. The summed E-state index contributed by atoms with van der Waals surface area (Å²) in [6.45, 7) is 3.34. The Bertz CT molecular complexity index is 1300. The number of aromatic nitrogens is 2. The first-order valence-electron chi connectivity index (χ1n) is 10.4. The Hall–Kier alpha value is -2.84. The first kappa shape index (κ1) is 23.3. The fourth-order valence-corrected chi connectivity index (χ4v) is 4.47. The van der Waals surface area contributed by atoms with E-state index in [0.717, 1.165) is 31.0 Å². The van der Waals surface area contributed by atoms with E-state index in [4.69, 9.17) is 14.2 Å². The van der Waals surface area contributed by atoms with E-state index in [1.54, 1.807) is 22.9 Å². The molecule has 0 saturated heterocycles. The SMILES string of the molecule is CCOc1cc(-c2cccc(C(=O)OC)c2)nn1CCOc1ccc2cc(Br)ccc2c1Br. The Labute approximate surface area is 208 Å². The minimum atomic E-state index is -0.386. The summed E-state index contributed by atoms with van der Waals surface area (Å²) in [5.41, 5.74) is 1.99. The van der Waals surface area contributed by atoms with Crippen LogP contribution >= 0.6 is 31.9 Å². The lowest BCUT2D eigenvalue weighted by atomic mass is 10.1. The highest BCUT2D eigenvalue weighted by molar-refractivity contribution is 9.11. The number of rotatable bonds is 8. The van der Waals surface area contributed by atoms with E-state index in [0.29, 0.717) is 36.9 Å². The smallest absolute Gasteiger partial charge is 0.337 e. The first-order valence-corrected chi connectivity index (χ1v) is 12.0. The zero-order valence-corrected chi connectivity index (χ0v) is 21.4. The minimum absolute atomic E-state index is 0.386. The molecule has 0 unspecified atom stereocenters. The maximum Gasteiger partial charge on any atom is 0.337 e. The van der Waals surface area contributed by atoms with Crippen LogP contribution in [0, 0.1) is 0 Å². The van der Waals surface area contributed by atoms with E-state index >= 15 is 0 Å². The summed E-state index contributed by atoms with van der Waals surface area (Å²) >= 11 is 7.17. The van der Waals surface area contributed by atoms with Gasteiger partial charge in [-0.15, -0.1) is 0 Å². The predicted octanol–water partition coefficient (Wildman–Crippen LogP) is 6.49. The summed E-state index contributed by atoms with van der Waals surface area (Å²) in [5.74, 6) is 1.02. The van der Waals surface area contributed by atoms with Crippen molar-refractivity contribution in [3.05, 3.63) is 75.2 Å². The molecule has 0 spiro atoms. The van der Waals surface area contributed by atoms with Gasteiger partial charge in [-0.3, -0.25) is 0 Å². The zero-order chi connectivity index (χ0) is 23.4. The molecule has 4 aromatic rings. The Morgan fingerprint density at radius 3 is 2.67 bits per heavy atom. The van der Waals surface area contributed by atoms with E-state index in [-0.39, 0.29) is 5.97 Å². The van der Waals surface area contributed by atoms with Gasteiger partial charge in [-0.2, -0.15) is 5.10 Å². The van der Waals surface area contributed by atoms with Crippen molar-refractivity contribution in [1.29, 1.82) is 0 Å². The molecule has 0 bridgehead atoms. The van der Waals surface area contributed by atoms with E-state index in [2.05, 4.69) is 43.0 Å². The summed E-state index contributed by atoms with van der Waals surface area (Å²) in [6, 6.07) is 19.1. The number of halogens is 2. The van der Waals surface area contributed by atoms with E-state index in [1.807, 2.05) is 43.3 Å². The molecule has 3 aromatic carbocycles. The molecule has 0 aliphatic heterocycles. The summed E-state index contributed by atoms with van der Waals surface area (Å²) < 4.78 is 20.4. The number of ether oxygens (including phenoxy) is 3. The van der Waals surface area contributed by atoms with Crippen molar-refractivity contribution in [2.45, 2.75) is 13.5 Å². The minimum Gasteiger partial charge on any atom is -0.490 e. The molecule has 33 heavy (non-hydrogen) atoms. The Balaban J connectivity index is 1.52. The number of nitrogens with zero attached hydrogens (tertiary/aromatic N) is 2. The van der Waals surface area contributed by atoms with Crippen molar-refractivity contribution in [2.75, 3.05) is 20.3 Å². The summed E-state index contributed by atoms with van der Waals surface area (Å²) in [7, 11) is 1.36. The van der Waals surface area contributed by atoms with Crippen molar-refractivity contribution in [1.82, 2.24) is 9.78 Å². The van der Waals surface area contributed by atoms with Crippen LogP contribution in [0.2, 0.25) is 0 Å². The average Bonchev–Trinajstić information content (AvgIpc) is 3.23. The van der Waals surface area contributed by atoms with Crippen molar-refractivity contribution in [3.8, 4) is 22.9 Å². The highest BCUT2D eigenvalue weighted by Crippen LogP contribution is 2.34. The normalized spacial score (nSPS) is 10.9. The molecular weight excluding hydrogens is 552 g/mol. The number of benzene rings is 3. The van der Waals surface area contributed by atoms with Crippen LogP contribution < -0.4 is 9.47 Å². The molecule has 8 heteroatoms. The van der Waals surface area contributed by atoms with Gasteiger partial charge in [0.05, 0.1) is 36.0 Å². The van der Waals surface area contributed by atoms with Gasteiger partial charge in [-0.05, 0) is 64.0 Å². The van der Waals surface area contributed by atoms with E-state index in [1.165, 1.54) is 7.11 Å². The summed E-state index contributed by atoms with van der Waals surface area (Å²) in [6.07, 6.45) is 0. The van der Waals surface area contributed by atoms with Crippen molar-refractivity contribution < 1.29 is 19.0 Å². The molecular formula is C25H22Br2N2O4. The molecule has 6 nitrogen and oxygen atoms in total. The number of carbonyl (C=O) groups excluding carboxylic acids is 1. The molecule has 4 rings (SSSR count). The van der Waals surface area contributed by atoms with Gasteiger partial charge in [0.15, 0.2) is 0 Å². The quantitative estimate of drug-likeness (QED) is 0.225. The first-order chi connectivity index (χ1) is 16.0. The van der Waals surface area contributed by atoms with Crippen LogP contribution in [0.1, 0.15) is 17.3 Å². The molecule has 0 N–H and O–H groups in total. The maximum atomic E-state index is 11.9. The largest absolute Gasteiger partial charge is 0.490 e. The third kappa shape index (κ3) is 5.23. The molecule has 0 saturated carbocycles. The number of esters is 1. The molecule has 170 valence electrons. The average molecular weight is 574 g/mol. The second-order valence-electron chi connectivity index (χ2n) is 7.19. The number of hydrogen-bond donors (Lipinski definition) is 0. The Kier molecular flexibility index (Phi) is 7.35. The van der Waals surface area contributed by atoms with Gasteiger partial charge in [-0.1, -0.05) is 40.2 Å². The van der Waals surface area contributed by atoms with Crippen LogP contribution in [-0.4, -0.2) is 36.1 Å². The molecule has 1 aromatic heterocycles. The molecule has 1 heterocycles. The molecule has 0 fully saturated rings. The van der Waals surface area contributed by atoms with Gasteiger partial charge < -0.3 is 14.2 Å². The van der Waals surface area contributed by atoms with Crippen LogP contribution in [0.15, 0.2) is 69.6 Å². The number of carbonyl (C=O) groups is 1. The van der Waals surface area contributed by atoms with Crippen molar-refractivity contribution in [2.24, 2.45) is 0 Å².